The lowest BCUT2D eigenvalue weighted by atomic mass is 10.2. The molecule has 0 aromatic heterocycles. The van der Waals surface area contributed by atoms with Gasteiger partial charge in [0.2, 0.25) is 0 Å². The molecule has 0 aromatic carbocycles. The van der Waals surface area contributed by atoms with Crippen LogP contribution < -0.4 is 0 Å². The summed E-state index contributed by atoms with van der Waals surface area (Å²) < 4.78 is 3.30. The van der Waals surface area contributed by atoms with Crippen LogP contribution >= 0.6 is 0 Å². The third-order valence-corrected chi connectivity index (χ3v) is 7.33. The van der Waals surface area contributed by atoms with E-state index >= 15 is 0 Å². The van der Waals surface area contributed by atoms with Gasteiger partial charge in [-0.3, -0.25) is 8.97 Å². The summed E-state index contributed by atoms with van der Waals surface area (Å²) in [4.78, 5) is 0. The van der Waals surface area contributed by atoms with Crippen molar-refractivity contribution in [1.82, 2.24) is 0 Å². The molecule has 3 aliphatic rings. The van der Waals surface area contributed by atoms with Crippen molar-refractivity contribution in [3.05, 3.63) is 24.6 Å². The number of nitrogens with zero attached hydrogens (tertiary/aromatic N) is 3. The Kier molecular flexibility index (Phi) is 7.20. The molecular weight excluding hydrogens is 330 g/mol. The fourth-order valence-electron chi connectivity index (χ4n) is 5.45. The lowest BCUT2D eigenvalue weighted by molar-refractivity contribution is -0.867. The van der Waals surface area contributed by atoms with Crippen molar-refractivity contribution in [2.24, 2.45) is 0 Å². The van der Waals surface area contributed by atoms with E-state index in [4.69, 9.17) is 6.42 Å². The quantitative estimate of drug-likeness (QED) is 0.323. The molecule has 0 atom stereocenters. The van der Waals surface area contributed by atoms with Crippen molar-refractivity contribution >= 4 is 0 Å². The molecule has 0 N–H and O–H groups in total. The summed E-state index contributed by atoms with van der Waals surface area (Å²) in [7, 11) is 2.38. The molecule has 3 rings (SSSR count). The molecule has 3 saturated heterocycles. The van der Waals surface area contributed by atoms with Crippen LogP contribution in [-0.4, -0.2) is 72.9 Å². The van der Waals surface area contributed by atoms with Crippen LogP contribution in [0.2, 0.25) is 0 Å². The maximum atomic E-state index is 5.82. The van der Waals surface area contributed by atoms with E-state index in [1.165, 1.54) is 115 Å². The highest BCUT2D eigenvalue weighted by Gasteiger charge is 2.31. The number of quaternary nitrogens is 3. The van der Waals surface area contributed by atoms with E-state index in [1.54, 1.807) is 0 Å². The van der Waals surface area contributed by atoms with E-state index in [2.05, 4.69) is 37.6 Å². The van der Waals surface area contributed by atoms with Crippen LogP contribution in [0.25, 0.3) is 0 Å². The Morgan fingerprint density at radius 3 is 2.00 bits per heavy atom. The molecule has 3 aliphatic heterocycles. The molecule has 27 heavy (non-hydrogen) atoms. The first-order valence-electron chi connectivity index (χ1n) is 11.5. The number of rotatable bonds is 9. The maximum Gasteiger partial charge on any atom is 0.133 e. The van der Waals surface area contributed by atoms with Gasteiger partial charge in [0.1, 0.15) is 6.04 Å². The summed E-state index contributed by atoms with van der Waals surface area (Å²) >= 11 is 0. The Bertz CT molecular complexity index is 551. The fraction of sp³-hybridized carbons (Fsp3) is 0.750. The molecule has 3 nitrogen and oxygen atoms in total. The van der Waals surface area contributed by atoms with Crippen LogP contribution in [0.15, 0.2) is 24.6 Å². The molecule has 0 bridgehead atoms. The number of unbranched alkanes of at least 4 members (excludes halogenated alkanes) is 1. The molecule has 0 saturated carbocycles. The van der Waals surface area contributed by atoms with Gasteiger partial charge in [-0.2, -0.15) is 0 Å². The zero-order chi connectivity index (χ0) is 19.1. The van der Waals surface area contributed by atoms with Crippen LogP contribution in [0.3, 0.4) is 0 Å². The second kappa shape index (κ2) is 9.41. The SMILES string of the molecule is C#C[N+]1(CCC/C=C/[N+]2(CC/C=C/[N+]3(C)CCCC3)CCCC2)CCCC1. The highest BCUT2D eigenvalue weighted by Crippen LogP contribution is 2.23. The molecule has 0 amide bonds. The number of hydrogen-bond donors (Lipinski definition) is 0. The van der Waals surface area contributed by atoms with Gasteiger partial charge in [-0.15, -0.1) is 0 Å². The zero-order valence-corrected chi connectivity index (χ0v) is 17.7. The summed E-state index contributed by atoms with van der Waals surface area (Å²) in [5, 5.41) is 0. The van der Waals surface area contributed by atoms with Crippen LogP contribution in [0.5, 0.6) is 0 Å². The minimum Gasteiger partial charge on any atom is -0.300 e. The molecule has 3 heterocycles. The second-order valence-corrected chi connectivity index (χ2v) is 9.58. The van der Waals surface area contributed by atoms with E-state index in [-0.39, 0.29) is 0 Å². The van der Waals surface area contributed by atoms with Crippen molar-refractivity contribution < 1.29 is 13.4 Å². The predicted molar refractivity (Wildman–Crippen MR) is 114 cm³/mol. The minimum atomic E-state index is 0.926. The first-order chi connectivity index (χ1) is 13.1. The highest BCUT2D eigenvalue weighted by molar-refractivity contribution is 4.82. The van der Waals surface area contributed by atoms with E-state index in [1.807, 2.05) is 0 Å². The van der Waals surface area contributed by atoms with Crippen LogP contribution in [0.4, 0.5) is 0 Å². The summed E-state index contributed by atoms with van der Waals surface area (Å²) in [6, 6.07) is 3.08. The Balaban J connectivity index is 1.43. The Hall–Kier alpha value is -1.08. The number of terminal acetylenes is 1. The molecule has 0 radical (unpaired) electrons. The third kappa shape index (κ3) is 5.70. The lowest BCUT2D eigenvalue weighted by Crippen LogP contribution is -2.41. The van der Waals surface area contributed by atoms with Crippen LogP contribution in [-0.2, 0) is 0 Å². The third-order valence-electron chi connectivity index (χ3n) is 7.33. The second-order valence-electron chi connectivity index (χ2n) is 9.58. The van der Waals surface area contributed by atoms with Crippen molar-refractivity contribution in [3.8, 4) is 12.5 Å². The van der Waals surface area contributed by atoms with Gasteiger partial charge in [0.15, 0.2) is 0 Å². The van der Waals surface area contributed by atoms with Gasteiger partial charge in [-0.25, -0.2) is 4.48 Å². The number of hydrogen-bond acceptors (Lipinski definition) is 0. The van der Waals surface area contributed by atoms with E-state index in [9.17, 15) is 0 Å². The normalized spacial score (nSPS) is 26.2. The largest absolute Gasteiger partial charge is 0.300 e. The predicted octanol–water partition coefficient (Wildman–Crippen LogP) is 4.24. The Morgan fingerprint density at radius 2 is 1.33 bits per heavy atom. The van der Waals surface area contributed by atoms with Crippen molar-refractivity contribution in [2.75, 3.05) is 59.4 Å². The summed E-state index contributed by atoms with van der Waals surface area (Å²) in [6.07, 6.45) is 27.6. The van der Waals surface area contributed by atoms with E-state index in [0.717, 1.165) is 8.97 Å². The van der Waals surface area contributed by atoms with E-state index < -0.39 is 0 Å². The monoisotopic (exact) mass is 372 g/mol. The molecule has 0 aromatic rings. The molecule has 3 heteroatoms. The Morgan fingerprint density at radius 1 is 0.741 bits per heavy atom. The highest BCUT2D eigenvalue weighted by atomic mass is 15.4. The minimum absolute atomic E-state index is 0.926. The molecule has 0 unspecified atom stereocenters. The maximum absolute atomic E-state index is 5.82. The van der Waals surface area contributed by atoms with Crippen molar-refractivity contribution in [2.45, 2.75) is 57.8 Å². The standard InChI is InChI=1S/C24H42N3/c1-3-26(19-11-12-20-26)18-5-4-6-21-27(23-13-14-24-27)22-10-9-17-25(2)15-7-8-16-25/h1,6,9,17,21H,4-5,7-8,10-16,18-20,22-24H2,2H3/q+3/b17-9+,21-6+. The number of likely N-dealkylation sites (tertiary alicyclic amines) is 3. The molecular formula is C24H42N3+3. The van der Waals surface area contributed by atoms with Gasteiger partial charge in [0.05, 0.1) is 71.8 Å². The molecule has 150 valence electrons. The lowest BCUT2D eigenvalue weighted by Gasteiger charge is -2.30. The first kappa shape index (κ1) is 20.6. The van der Waals surface area contributed by atoms with Gasteiger partial charge in [0.25, 0.3) is 0 Å². The summed E-state index contributed by atoms with van der Waals surface area (Å²) in [5.74, 6) is 0. The van der Waals surface area contributed by atoms with Gasteiger partial charge >= 0.3 is 0 Å². The van der Waals surface area contributed by atoms with Crippen molar-refractivity contribution in [3.63, 3.8) is 0 Å². The molecule has 0 spiro atoms. The van der Waals surface area contributed by atoms with Crippen LogP contribution in [0, 0.1) is 12.5 Å². The molecule has 0 aliphatic carbocycles. The first-order valence-corrected chi connectivity index (χ1v) is 11.5. The zero-order valence-electron chi connectivity index (χ0n) is 17.7. The smallest absolute Gasteiger partial charge is 0.133 e. The van der Waals surface area contributed by atoms with Gasteiger partial charge in [-0.1, -0.05) is 6.42 Å². The average molecular weight is 373 g/mol. The summed E-state index contributed by atoms with van der Waals surface area (Å²) in [5.41, 5.74) is 0. The number of allylic oxidation sites excluding steroid dienone is 1. The average Bonchev–Trinajstić information content (AvgIpc) is 3.41. The molecule has 3 fully saturated rings. The van der Waals surface area contributed by atoms with Crippen LogP contribution in [0.1, 0.15) is 57.8 Å². The Labute approximate surface area is 168 Å². The van der Waals surface area contributed by atoms with Crippen molar-refractivity contribution in [1.29, 1.82) is 0 Å². The van der Waals surface area contributed by atoms with Gasteiger partial charge in [0, 0.05) is 51.4 Å². The van der Waals surface area contributed by atoms with Gasteiger partial charge in [-0.05, 0) is 18.6 Å². The fourth-order valence-corrected chi connectivity index (χ4v) is 5.45. The topological polar surface area (TPSA) is 0 Å². The van der Waals surface area contributed by atoms with Gasteiger partial charge < -0.3 is 0 Å². The summed E-state index contributed by atoms with van der Waals surface area (Å²) in [6.45, 7) is 10.2. The van der Waals surface area contributed by atoms with E-state index in [0.29, 0.717) is 0 Å².